The zero-order valence-electron chi connectivity index (χ0n) is 16.7. The van der Waals surface area contributed by atoms with Gasteiger partial charge in [-0.05, 0) is 68.4 Å². The summed E-state index contributed by atoms with van der Waals surface area (Å²) < 4.78 is 13.4. The number of carbonyl (C=O) groups excluding carboxylic acids is 1. The summed E-state index contributed by atoms with van der Waals surface area (Å²) in [6.07, 6.45) is 4.96. The van der Waals surface area contributed by atoms with Crippen LogP contribution in [-0.4, -0.2) is 35.6 Å². The number of methoxy groups -OCH3 is 1. The molecule has 7 heteroatoms. The van der Waals surface area contributed by atoms with Gasteiger partial charge in [-0.3, -0.25) is 4.68 Å². The predicted molar refractivity (Wildman–Crippen MR) is 107 cm³/mol. The van der Waals surface area contributed by atoms with Crippen molar-refractivity contribution in [3.05, 3.63) is 41.2 Å². The van der Waals surface area contributed by atoms with Crippen LogP contribution >= 0.6 is 0 Å². The molecule has 4 rings (SSSR count). The van der Waals surface area contributed by atoms with Crippen LogP contribution in [0.5, 0.6) is 5.75 Å². The van der Waals surface area contributed by atoms with Gasteiger partial charge in [-0.1, -0.05) is 0 Å². The molecule has 0 radical (unpaired) electrons. The maximum atomic E-state index is 12.7. The monoisotopic (exact) mass is 384 g/mol. The van der Waals surface area contributed by atoms with Crippen molar-refractivity contribution in [2.75, 3.05) is 19.0 Å². The summed E-state index contributed by atoms with van der Waals surface area (Å²) in [5.41, 5.74) is 3.92. The van der Waals surface area contributed by atoms with Gasteiger partial charge in [0.2, 0.25) is 0 Å². The number of aromatic nitrogens is 2. The number of nitrogens with one attached hydrogen (secondary N) is 2. The molecule has 1 aliphatic carbocycles. The SMILES string of the molecule is COc1cc(C)c(C)cc1NC(=O)N[C@@H]1CCO[C@H]1c1ccnn1CC1CC1. The number of amides is 2. The highest BCUT2D eigenvalue weighted by Gasteiger charge is 2.34. The topological polar surface area (TPSA) is 77.4 Å². The fraction of sp³-hybridized carbons (Fsp3) is 0.524. The highest BCUT2D eigenvalue weighted by atomic mass is 16.5. The van der Waals surface area contributed by atoms with E-state index < -0.39 is 0 Å². The van der Waals surface area contributed by atoms with Gasteiger partial charge in [0.1, 0.15) is 11.9 Å². The number of benzene rings is 1. The Morgan fingerprint density at radius 1 is 1.29 bits per heavy atom. The van der Waals surface area contributed by atoms with E-state index in [4.69, 9.17) is 9.47 Å². The molecule has 1 aliphatic heterocycles. The Hall–Kier alpha value is -2.54. The molecule has 0 bridgehead atoms. The first kappa shape index (κ1) is 18.8. The molecule has 2 atom stereocenters. The van der Waals surface area contributed by atoms with E-state index in [1.807, 2.05) is 42.9 Å². The Balaban J connectivity index is 1.44. The molecule has 150 valence electrons. The number of urea groups is 1. The maximum absolute atomic E-state index is 12.7. The highest BCUT2D eigenvalue weighted by Crippen LogP contribution is 2.34. The van der Waals surface area contributed by atoms with Crippen molar-refractivity contribution in [1.82, 2.24) is 15.1 Å². The largest absolute Gasteiger partial charge is 0.495 e. The summed E-state index contributed by atoms with van der Waals surface area (Å²) in [7, 11) is 1.61. The fourth-order valence-electron chi connectivity index (χ4n) is 3.69. The second kappa shape index (κ2) is 7.83. The van der Waals surface area contributed by atoms with Crippen molar-refractivity contribution >= 4 is 11.7 Å². The van der Waals surface area contributed by atoms with E-state index >= 15 is 0 Å². The molecule has 1 aromatic carbocycles. The lowest BCUT2D eigenvalue weighted by Gasteiger charge is -2.22. The van der Waals surface area contributed by atoms with Gasteiger partial charge in [-0.15, -0.1) is 0 Å². The molecule has 2 aliphatic rings. The number of ether oxygens (including phenoxy) is 2. The van der Waals surface area contributed by atoms with E-state index in [2.05, 4.69) is 15.7 Å². The summed E-state index contributed by atoms with van der Waals surface area (Å²) in [5, 5.41) is 10.5. The van der Waals surface area contributed by atoms with Crippen molar-refractivity contribution in [1.29, 1.82) is 0 Å². The Morgan fingerprint density at radius 3 is 2.82 bits per heavy atom. The van der Waals surface area contributed by atoms with Crippen LogP contribution in [0.2, 0.25) is 0 Å². The molecule has 0 spiro atoms. The van der Waals surface area contributed by atoms with Gasteiger partial charge in [0, 0.05) is 19.3 Å². The molecule has 2 aromatic rings. The molecule has 1 aromatic heterocycles. The molecule has 0 unspecified atom stereocenters. The van der Waals surface area contributed by atoms with Crippen molar-refractivity contribution in [3.8, 4) is 5.75 Å². The summed E-state index contributed by atoms with van der Waals surface area (Å²) in [6, 6.07) is 5.52. The summed E-state index contributed by atoms with van der Waals surface area (Å²) in [6.45, 7) is 5.59. The third-order valence-corrected chi connectivity index (χ3v) is 5.64. The lowest BCUT2D eigenvalue weighted by Crippen LogP contribution is -2.40. The van der Waals surface area contributed by atoms with E-state index in [0.29, 0.717) is 18.0 Å². The van der Waals surface area contributed by atoms with Gasteiger partial charge in [0.05, 0.1) is 24.5 Å². The lowest BCUT2D eigenvalue weighted by atomic mass is 10.1. The second-order valence-corrected chi connectivity index (χ2v) is 7.80. The average molecular weight is 384 g/mol. The van der Waals surface area contributed by atoms with E-state index in [9.17, 15) is 4.79 Å². The smallest absolute Gasteiger partial charge is 0.319 e. The first-order valence-electron chi connectivity index (χ1n) is 9.91. The van der Waals surface area contributed by atoms with Gasteiger partial charge in [0.25, 0.3) is 0 Å². The van der Waals surface area contributed by atoms with E-state index in [1.165, 1.54) is 12.8 Å². The summed E-state index contributed by atoms with van der Waals surface area (Å²) in [5.74, 6) is 1.38. The summed E-state index contributed by atoms with van der Waals surface area (Å²) in [4.78, 5) is 12.7. The molecule has 2 fully saturated rings. The summed E-state index contributed by atoms with van der Waals surface area (Å²) >= 11 is 0. The molecule has 2 heterocycles. The van der Waals surface area contributed by atoms with E-state index in [0.717, 1.165) is 35.7 Å². The van der Waals surface area contributed by atoms with Crippen LogP contribution in [-0.2, 0) is 11.3 Å². The van der Waals surface area contributed by atoms with Crippen molar-refractivity contribution in [3.63, 3.8) is 0 Å². The molecular weight excluding hydrogens is 356 g/mol. The van der Waals surface area contributed by atoms with Crippen LogP contribution < -0.4 is 15.4 Å². The Labute approximate surface area is 165 Å². The molecular formula is C21H28N4O3. The van der Waals surface area contributed by atoms with Gasteiger partial charge in [0.15, 0.2) is 0 Å². The number of hydrogen-bond donors (Lipinski definition) is 2. The van der Waals surface area contributed by atoms with Crippen LogP contribution in [0.1, 0.15) is 42.2 Å². The average Bonchev–Trinajstić information content (AvgIpc) is 3.17. The highest BCUT2D eigenvalue weighted by molar-refractivity contribution is 5.91. The lowest BCUT2D eigenvalue weighted by molar-refractivity contribution is 0.0926. The Bertz CT molecular complexity index is 859. The molecule has 2 amide bonds. The van der Waals surface area contributed by atoms with Crippen molar-refractivity contribution < 1.29 is 14.3 Å². The minimum atomic E-state index is -0.254. The Morgan fingerprint density at radius 2 is 2.07 bits per heavy atom. The first-order valence-corrected chi connectivity index (χ1v) is 9.91. The van der Waals surface area contributed by atoms with Crippen LogP contribution in [0.3, 0.4) is 0 Å². The van der Waals surface area contributed by atoms with Crippen LogP contribution in [0.15, 0.2) is 24.4 Å². The molecule has 7 nitrogen and oxygen atoms in total. The predicted octanol–water partition coefficient (Wildman–Crippen LogP) is 3.57. The van der Waals surface area contributed by atoms with Gasteiger partial charge in [-0.25, -0.2) is 4.79 Å². The maximum Gasteiger partial charge on any atom is 0.319 e. The van der Waals surface area contributed by atoms with Crippen molar-refractivity contribution in [2.24, 2.45) is 5.92 Å². The number of nitrogens with zero attached hydrogens (tertiary/aromatic N) is 2. The number of aryl methyl sites for hydroxylation is 2. The number of hydrogen-bond acceptors (Lipinski definition) is 4. The molecule has 2 N–H and O–H groups in total. The number of anilines is 1. The van der Waals surface area contributed by atoms with Gasteiger partial charge < -0.3 is 20.1 Å². The minimum Gasteiger partial charge on any atom is -0.495 e. The zero-order valence-corrected chi connectivity index (χ0v) is 16.7. The van der Waals surface area contributed by atoms with Crippen molar-refractivity contribution in [2.45, 2.75) is 51.8 Å². The van der Waals surface area contributed by atoms with E-state index in [1.54, 1.807) is 7.11 Å². The first-order chi connectivity index (χ1) is 13.5. The Kier molecular flexibility index (Phi) is 5.26. The van der Waals surface area contributed by atoms with Crippen LogP contribution in [0, 0.1) is 19.8 Å². The standard InChI is InChI=1S/C21H28N4O3/c1-13-10-17(19(27-3)11-14(13)2)24-21(26)23-16-7-9-28-20(16)18-6-8-22-25(18)12-15-4-5-15/h6,8,10-11,15-16,20H,4-5,7,9,12H2,1-3H3,(H2,23,24,26)/t16-,20-/m1/s1. The second-order valence-electron chi connectivity index (χ2n) is 7.80. The fourth-order valence-corrected chi connectivity index (χ4v) is 3.69. The molecule has 28 heavy (non-hydrogen) atoms. The molecule has 1 saturated heterocycles. The minimum absolute atomic E-state index is 0.0906. The van der Waals surface area contributed by atoms with Gasteiger partial charge in [-0.2, -0.15) is 5.10 Å². The third-order valence-electron chi connectivity index (χ3n) is 5.64. The zero-order chi connectivity index (χ0) is 19.7. The van der Waals surface area contributed by atoms with E-state index in [-0.39, 0.29) is 18.2 Å². The van der Waals surface area contributed by atoms with Gasteiger partial charge >= 0.3 is 6.03 Å². The quantitative estimate of drug-likeness (QED) is 0.798. The van der Waals surface area contributed by atoms with Crippen LogP contribution in [0.25, 0.3) is 0 Å². The molecule has 1 saturated carbocycles. The normalized spacial score (nSPS) is 21.5. The third kappa shape index (κ3) is 3.99. The van der Waals surface area contributed by atoms with Crippen LogP contribution in [0.4, 0.5) is 10.5 Å². The number of rotatable bonds is 6. The number of carbonyl (C=O) groups is 1.